The van der Waals surface area contributed by atoms with E-state index in [1.54, 1.807) is 45.0 Å². The van der Waals surface area contributed by atoms with Gasteiger partial charge in [0.1, 0.15) is 5.60 Å². The van der Waals surface area contributed by atoms with E-state index in [0.29, 0.717) is 10.9 Å². The SMILES string of the molecule is C=Cc1c(C(=O)O)c2ccccc2n1C(=O)OC(C)(C)C. The fraction of sp³-hybridized carbons (Fsp3) is 0.250. The number of aromatic carboxylic acids is 1. The maximum atomic E-state index is 12.4. The number of benzene rings is 1. The zero-order valence-electron chi connectivity index (χ0n) is 12.2. The molecule has 5 heteroatoms. The smallest absolute Gasteiger partial charge is 0.419 e. The van der Waals surface area contributed by atoms with Gasteiger partial charge in [0.15, 0.2) is 0 Å². The molecule has 0 radical (unpaired) electrons. The number of hydrogen-bond acceptors (Lipinski definition) is 3. The Hall–Kier alpha value is -2.56. The van der Waals surface area contributed by atoms with Gasteiger partial charge in [-0.3, -0.25) is 0 Å². The van der Waals surface area contributed by atoms with Crippen LogP contribution in [-0.2, 0) is 4.74 Å². The molecule has 0 amide bonds. The van der Waals surface area contributed by atoms with Crippen LogP contribution in [-0.4, -0.2) is 27.3 Å². The first-order valence-corrected chi connectivity index (χ1v) is 6.49. The Morgan fingerprint density at radius 3 is 2.43 bits per heavy atom. The minimum absolute atomic E-state index is 0.0476. The second-order valence-electron chi connectivity index (χ2n) is 5.60. The molecule has 21 heavy (non-hydrogen) atoms. The Kier molecular flexibility index (Phi) is 3.60. The van der Waals surface area contributed by atoms with Crippen LogP contribution in [0.3, 0.4) is 0 Å². The summed E-state index contributed by atoms with van der Waals surface area (Å²) in [4.78, 5) is 23.9. The number of carboxylic acids is 1. The molecule has 1 heterocycles. The topological polar surface area (TPSA) is 68.5 Å². The number of aromatic nitrogens is 1. The van der Waals surface area contributed by atoms with Gasteiger partial charge in [-0.05, 0) is 32.9 Å². The number of fused-ring (bicyclic) bond motifs is 1. The molecule has 0 fully saturated rings. The van der Waals surface area contributed by atoms with Crippen LogP contribution >= 0.6 is 0 Å². The number of hydrogen-bond donors (Lipinski definition) is 1. The molecule has 1 aromatic heterocycles. The minimum atomic E-state index is -1.11. The number of ether oxygens (including phenoxy) is 1. The fourth-order valence-electron chi connectivity index (χ4n) is 2.18. The third-order valence-electron chi connectivity index (χ3n) is 2.89. The van der Waals surface area contributed by atoms with Crippen LogP contribution < -0.4 is 0 Å². The van der Waals surface area contributed by atoms with E-state index in [1.165, 1.54) is 10.6 Å². The number of carboxylic acid groups (broad SMARTS) is 1. The van der Waals surface area contributed by atoms with Crippen molar-refractivity contribution >= 4 is 29.0 Å². The Morgan fingerprint density at radius 2 is 1.90 bits per heavy atom. The summed E-state index contributed by atoms with van der Waals surface area (Å²) in [5, 5.41) is 9.89. The van der Waals surface area contributed by atoms with Gasteiger partial charge in [-0.2, -0.15) is 0 Å². The highest BCUT2D eigenvalue weighted by Gasteiger charge is 2.26. The van der Waals surface area contributed by atoms with Gasteiger partial charge >= 0.3 is 12.1 Å². The Balaban J connectivity index is 2.76. The summed E-state index contributed by atoms with van der Waals surface area (Å²) in [7, 11) is 0. The van der Waals surface area contributed by atoms with Crippen molar-refractivity contribution in [1.29, 1.82) is 0 Å². The maximum Gasteiger partial charge on any atom is 0.419 e. The summed E-state index contributed by atoms with van der Waals surface area (Å²) in [6.45, 7) is 8.87. The monoisotopic (exact) mass is 287 g/mol. The second-order valence-corrected chi connectivity index (χ2v) is 5.60. The Bertz CT molecular complexity index is 735. The molecule has 1 N–H and O–H groups in total. The molecule has 0 atom stereocenters. The molecule has 2 aromatic rings. The van der Waals surface area contributed by atoms with E-state index < -0.39 is 17.7 Å². The first-order valence-electron chi connectivity index (χ1n) is 6.49. The van der Waals surface area contributed by atoms with Crippen molar-refractivity contribution in [2.75, 3.05) is 0 Å². The quantitative estimate of drug-likeness (QED) is 0.913. The molecule has 110 valence electrons. The molecule has 0 saturated heterocycles. The van der Waals surface area contributed by atoms with E-state index >= 15 is 0 Å². The molecule has 0 bridgehead atoms. The Labute approximate surface area is 122 Å². The van der Waals surface area contributed by atoms with Gasteiger partial charge < -0.3 is 9.84 Å². The van der Waals surface area contributed by atoms with Crippen LogP contribution in [0.1, 0.15) is 36.8 Å². The molecule has 0 aliphatic heterocycles. The van der Waals surface area contributed by atoms with Crippen LogP contribution in [0.4, 0.5) is 4.79 Å². The standard InChI is InChI=1S/C16H17NO4/c1-5-11-13(14(18)19)10-8-6-7-9-12(10)17(11)15(20)21-16(2,3)4/h5-9H,1H2,2-4H3,(H,18,19). The first kappa shape index (κ1) is 14.8. The molecule has 2 rings (SSSR count). The van der Waals surface area contributed by atoms with E-state index in [2.05, 4.69) is 6.58 Å². The summed E-state index contributed by atoms with van der Waals surface area (Å²) in [5.74, 6) is -1.11. The van der Waals surface area contributed by atoms with Crippen LogP contribution in [0, 0.1) is 0 Å². The molecule has 1 aromatic carbocycles. The predicted octanol–water partition coefficient (Wildman–Crippen LogP) is 3.77. The molecule has 0 saturated carbocycles. The fourth-order valence-corrected chi connectivity index (χ4v) is 2.18. The molecule has 0 spiro atoms. The van der Waals surface area contributed by atoms with Gasteiger partial charge in [-0.1, -0.05) is 24.8 Å². The summed E-state index contributed by atoms with van der Waals surface area (Å²) < 4.78 is 6.60. The summed E-state index contributed by atoms with van der Waals surface area (Å²) in [6.07, 6.45) is 0.731. The van der Waals surface area contributed by atoms with Gasteiger partial charge in [-0.25, -0.2) is 14.2 Å². The number of carbonyl (C=O) groups excluding carboxylic acids is 1. The first-order chi connectivity index (χ1) is 9.76. The van der Waals surface area contributed by atoms with E-state index in [-0.39, 0.29) is 11.3 Å². The lowest BCUT2D eigenvalue weighted by Gasteiger charge is -2.20. The third kappa shape index (κ3) is 2.67. The molecular formula is C16H17NO4. The predicted molar refractivity (Wildman–Crippen MR) is 80.6 cm³/mol. The Morgan fingerprint density at radius 1 is 1.29 bits per heavy atom. The number of nitrogens with zero attached hydrogens (tertiary/aromatic N) is 1. The summed E-state index contributed by atoms with van der Waals surface area (Å²) in [5.41, 5.74) is 0.0769. The van der Waals surface area contributed by atoms with E-state index in [4.69, 9.17) is 4.74 Å². The molecule has 0 unspecified atom stereocenters. The summed E-state index contributed by atoms with van der Waals surface area (Å²) in [6, 6.07) is 6.80. The van der Waals surface area contributed by atoms with Gasteiger partial charge in [0.25, 0.3) is 0 Å². The molecule has 0 aliphatic carbocycles. The van der Waals surface area contributed by atoms with Gasteiger partial charge in [-0.15, -0.1) is 0 Å². The van der Waals surface area contributed by atoms with Crippen LogP contribution in [0.25, 0.3) is 17.0 Å². The van der Waals surface area contributed by atoms with E-state index in [1.807, 2.05) is 0 Å². The highest BCUT2D eigenvalue weighted by molar-refractivity contribution is 6.09. The molecule has 5 nitrogen and oxygen atoms in total. The molecular weight excluding hydrogens is 270 g/mol. The highest BCUT2D eigenvalue weighted by atomic mass is 16.6. The van der Waals surface area contributed by atoms with Crippen molar-refractivity contribution in [2.24, 2.45) is 0 Å². The zero-order valence-corrected chi connectivity index (χ0v) is 12.2. The lowest BCUT2D eigenvalue weighted by molar-refractivity contribution is 0.0543. The van der Waals surface area contributed by atoms with Crippen LogP contribution in [0.15, 0.2) is 30.8 Å². The maximum absolute atomic E-state index is 12.4. The normalized spacial score (nSPS) is 11.4. The second kappa shape index (κ2) is 5.09. The highest BCUT2D eigenvalue weighted by Crippen LogP contribution is 2.28. The zero-order chi connectivity index (χ0) is 15.8. The lowest BCUT2D eigenvalue weighted by atomic mass is 10.1. The number of para-hydroxylation sites is 1. The average molecular weight is 287 g/mol. The van der Waals surface area contributed by atoms with Crippen LogP contribution in [0.2, 0.25) is 0 Å². The summed E-state index contributed by atoms with van der Waals surface area (Å²) >= 11 is 0. The lowest BCUT2D eigenvalue weighted by Crippen LogP contribution is -2.27. The van der Waals surface area contributed by atoms with Crippen LogP contribution in [0.5, 0.6) is 0 Å². The largest absolute Gasteiger partial charge is 0.478 e. The van der Waals surface area contributed by atoms with E-state index in [0.717, 1.165) is 0 Å². The van der Waals surface area contributed by atoms with Crippen molar-refractivity contribution in [2.45, 2.75) is 26.4 Å². The van der Waals surface area contributed by atoms with Crippen molar-refractivity contribution < 1.29 is 19.4 Å². The number of rotatable bonds is 2. The van der Waals surface area contributed by atoms with Crippen molar-refractivity contribution in [1.82, 2.24) is 4.57 Å². The third-order valence-corrected chi connectivity index (χ3v) is 2.89. The van der Waals surface area contributed by atoms with Crippen molar-refractivity contribution in [3.8, 4) is 0 Å². The van der Waals surface area contributed by atoms with Gasteiger partial charge in [0.2, 0.25) is 0 Å². The van der Waals surface area contributed by atoms with Crippen molar-refractivity contribution in [3.05, 3.63) is 42.1 Å². The average Bonchev–Trinajstić information content (AvgIpc) is 2.70. The number of carbonyl (C=O) groups is 2. The van der Waals surface area contributed by atoms with Crippen molar-refractivity contribution in [3.63, 3.8) is 0 Å². The minimum Gasteiger partial charge on any atom is -0.478 e. The molecule has 0 aliphatic rings. The van der Waals surface area contributed by atoms with Gasteiger partial charge in [0, 0.05) is 5.39 Å². The van der Waals surface area contributed by atoms with Gasteiger partial charge in [0.05, 0.1) is 16.8 Å². The van der Waals surface area contributed by atoms with E-state index in [9.17, 15) is 14.7 Å².